The number of carbonyl (C=O) groups excluding carboxylic acids is 1. The quantitative estimate of drug-likeness (QED) is 0.404. The van der Waals surface area contributed by atoms with Crippen LogP contribution in [0, 0.1) is 0 Å². The fraction of sp³-hybridized carbons (Fsp3) is 0.625. The van der Waals surface area contributed by atoms with Gasteiger partial charge in [0.1, 0.15) is 0 Å². The zero-order valence-electron chi connectivity index (χ0n) is 6.73. The minimum atomic E-state index is -0.225. The molecular formula is C8H13BrO2. The minimum absolute atomic E-state index is 0.225. The molecule has 0 aliphatic rings. The summed E-state index contributed by atoms with van der Waals surface area (Å²) >= 11 is 3.30. The summed E-state index contributed by atoms with van der Waals surface area (Å²) in [5.74, 6) is -0.225. The molecule has 0 saturated heterocycles. The summed E-state index contributed by atoms with van der Waals surface area (Å²) in [5, 5.41) is 0.923. The molecule has 0 rings (SSSR count). The van der Waals surface area contributed by atoms with Crippen molar-refractivity contribution in [2.75, 3.05) is 11.9 Å². The molecule has 0 saturated carbocycles. The van der Waals surface area contributed by atoms with Gasteiger partial charge in [0.05, 0.1) is 6.61 Å². The van der Waals surface area contributed by atoms with Crippen LogP contribution in [0.25, 0.3) is 0 Å². The topological polar surface area (TPSA) is 26.3 Å². The van der Waals surface area contributed by atoms with Crippen molar-refractivity contribution in [2.24, 2.45) is 0 Å². The lowest BCUT2D eigenvalue weighted by atomic mass is 10.2. The molecular weight excluding hydrogens is 208 g/mol. The third-order valence-corrected chi connectivity index (χ3v) is 1.61. The molecule has 2 nitrogen and oxygen atoms in total. The summed E-state index contributed by atoms with van der Waals surface area (Å²) in [5.41, 5.74) is 1.11. The van der Waals surface area contributed by atoms with E-state index >= 15 is 0 Å². The number of alkyl halides is 1. The van der Waals surface area contributed by atoms with Crippen LogP contribution in [0.3, 0.4) is 0 Å². The lowest BCUT2D eigenvalue weighted by Gasteiger charge is -2.02. The minimum Gasteiger partial charge on any atom is -0.466 e. The molecule has 0 radical (unpaired) electrons. The van der Waals surface area contributed by atoms with Gasteiger partial charge in [0, 0.05) is 18.7 Å². The Labute approximate surface area is 75.7 Å². The van der Waals surface area contributed by atoms with Gasteiger partial charge in [-0.15, -0.1) is 0 Å². The number of hydrogen-bond acceptors (Lipinski definition) is 2. The predicted octanol–water partition coefficient (Wildman–Crippen LogP) is 2.28. The number of hydrogen-bond donors (Lipinski definition) is 0. The van der Waals surface area contributed by atoms with Crippen LogP contribution in [0.5, 0.6) is 0 Å². The standard InChI is InChI=1S/C8H13BrO2/c1-7(3-5-9)4-6-11-8(2)10/h1,3-6H2,2H3. The van der Waals surface area contributed by atoms with E-state index in [0.717, 1.165) is 23.7 Å². The van der Waals surface area contributed by atoms with Crippen molar-refractivity contribution in [2.45, 2.75) is 19.8 Å². The average molecular weight is 221 g/mol. The van der Waals surface area contributed by atoms with Gasteiger partial charge in [-0.25, -0.2) is 0 Å². The fourth-order valence-electron chi connectivity index (χ4n) is 0.598. The Hall–Kier alpha value is -0.310. The lowest BCUT2D eigenvalue weighted by Crippen LogP contribution is -2.01. The number of rotatable bonds is 5. The van der Waals surface area contributed by atoms with Crippen molar-refractivity contribution in [3.63, 3.8) is 0 Å². The first kappa shape index (κ1) is 10.7. The fourth-order valence-corrected chi connectivity index (χ4v) is 1.16. The van der Waals surface area contributed by atoms with Gasteiger partial charge < -0.3 is 4.74 Å². The van der Waals surface area contributed by atoms with Crippen molar-refractivity contribution in [1.82, 2.24) is 0 Å². The molecule has 0 bridgehead atoms. The summed E-state index contributed by atoms with van der Waals surface area (Å²) in [6.07, 6.45) is 1.71. The number of ether oxygens (including phenoxy) is 1. The third-order valence-electron chi connectivity index (χ3n) is 1.21. The third kappa shape index (κ3) is 7.59. The van der Waals surface area contributed by atoms with E-state index in [4.69, 9.17) is 4.74 Å². The van der Waals surface area contributed by atoms with Gasteiger partial charge in [-0.05, 0) is 6.42 Å². The van der Waals surface area contributed by atoms with Crippen LogP contribution in [-0.2, 0) is 9.53 Å². The molecule has 0 heterocycles. The van der Waals surface area contributed by atoms with Crippen molar-refractivity contribution >= 4 is 21.9 Å². The molecule has 11 heavy (non-hydrogen) atoms. The highest BCUT2D eigenvalue weighted by Crippen LogP contribution is 2.05. The molecule has 0 N–H and O–H groups in total. The van der Waals surface area contributed by atoms with Crippen LogP contribution in [0.2, 0.25) is 0 Å². The van der Waals surface area contributed by atoms with Gasteiger partial charge in [0.15, 0.2) is 0 Å². The van der Waals surface area contributed by atoms with Crippen LogP contribution in [-0.4, -0.2) is 17.9 Å². The van der Waals surface area contributed by atoms with E-state index in [0.29, 0.717) is 6.61 Å². The van der Waals surface area contributed by atoms with Crippen molar-refractivity contribution in [1.29, 1.82) is 0 Å². The van der Waals surface area contributed by atoms with Crippen molar-refractivity contribution < 1.29 is 9.53 Å². The normalized spacial score (nSPS) is 9.27. The van der Waals surface area contributed by atoms with E-state index in [1.165, 1.54) is 6.92 Å². The monoisotopic (exact) mass is 220 g/mol. The maximum Gasteiger partial charge on any atom is 0.302 e. The Kier molecular flexibility index (Phi) is 6.22. The second kappa shape index (κ2) is 6.40. The van der Waals surface area contributed by atoms with Crippen LogP contribution >= 0.6 is 15.9 Å². The van der Waals surface area contributed by atoms with Gasteiger partial charge in [0.2, 0.25) is 0 Å². The average Bonchev–Trinajstić information content (AvgIpc) is 1.87. The van der Waals surface area contributed by atoms with E-state index in [-0.39, 0.29) is 5.97 Å². The summed E-state index contributed by atoms with van der Waals surface area (Å²) in [6, 6.07) is 0. The zero-order chi connectivity index (χ0) is 8.69. The van der Waals surface area contributed by atoms with Crippen LogP contribution in [0.1, 0.15) is 19.8 Å². The Morgan fingerprint density at radius 1 is 1.55 bits per heavy atom. The molecule has 0 fully saturated rings. The van der Waals surface area contributed by atoms with E-state index in [1.54, 1.807) is 0 Å². The van der Waals surface area contributed by atoms with Crippen molar-refractivity contribution in [3.8, 4) is 0 Å². The second-order valence-electron chi connectivity index (χ2n) is 2.28. The molecule has 0 aliphatic heterocycles. The predicted molar refractivity (Wildman–Crippen MR) is 48.8 cm³/mol. The van der Waals surface area contributed by atoms with Gasteiger partial charge in [-0.2, -0.15) is 0 Å². The first-order chi connectivity index (χ1) is 5.16. The SMILES string of the molecule is C=C(CCBr)CCOC(C)=O. The lowest BCUT2D eigenvalue weighted by molar-refractivity contribution is -0.140. The molecule has 0 amide bonds. The van der Waals surface area contributed by atoms with E-state index in [9.17, 15) is 4.79 Å². The molecule has 0 atom stereocenters. The van der Waals surface area contributed by atoms with E-state index < -0.39 is 0 Å². The first-order valence-electron chi connectivity index (χ1n) is 3.52. The van der Waals surface area contributed by atoms with Gasteiger partial charge in [-0.3, -0.25) is 4.79 Å². The molecule has 0 aromatic heterocycles. The first-order valence-corrected chi connectivity index (χ1v) is 4.65. The highest BCUT2D eigenvalue weighted by Gasteiger charge is 1.95. The smallest absolute Gasteiger partial charge is 0.302 e. The summed E-state index contributed by atoms with van der Waals surface area (Å²) in [6.45, 7) is 5.69. The van der Waals surface area contributed by atoms with Crippen LogP contribution in [0.15, 0.2) is 12.2 Å². The molecule has 64 valence electrons. The Bertz CT molecular complexity index is 143. The Morgan fingerprint density at radius 3 is 2.64 bits per heavy atom. The number of esters is 1. The second-order valence-corrected chi connectivity index (χ2v) is 3.07. The Morgan fingerprint density at radius 2 is 2.18 bits per heavy atom. The molecule has 0 aromatic carbocycles. The zero-order valence-corrected chi connectivity index (χ0v) is 8.32. The largest absolute Gasteiger partial charge is 0.466 e. The number of halogens is 1. The molecule has 3 heteroatoms. The molecule has 0 spiro atoms. The molecule has 0 unspecified atom stereocenters. The van der Waals surface area contributed by atoms with Crippen LogP contribution < -0.4 is 0 Å². The highest BCUT2D eigenvalue weighted by molar-refractivity contribution is 9.09. The van der Waals surface area contributed by atoms with Gasteiger partial charge in [0.25, 0.3) is 0 Å². The summed E-state index contributed by atoms with van der Waals surface area (Å²) < 4.78 is 4.74. The summed E-state index contributed by atoms with van der Waals surface area (Å²) in [7, 11) is 0. The highest BCUT2D eigenvalue weighted by atomic mass is 79.9. The van der Waals surface area contributed by atoms with E-state index in [1.807, 2.05) is 0 Å². The molecule has 0 aromatic rings. The van der Waals surface area contributed by atoms with Gasteiger partial charge in [-0.1, -0.05) is 28.1 Å². The van der Waals surface area contributed by atoms with Crippen LogP contribution in [0.4, 0.5) is 0 Å². The van der Waals surface area contributed by atoms with E-state index in [2.05, 4.69) is 22.5 Å². The maximum atomic E-state index is 10.3. The Balaban J connectivity index is 3.24. The summed E-state index contributed by atoms with van der Waals surface area (Å²) in [4.78, 5) is 10.3. The van der Waals surface area contributed by atoms with Gasteiger partial charge >= 0.3 is 5.97 Å². The molecule has 0 aliphatic carbocycles. The maximum absolute atomic E-state index is 10.3. The van der Waals surface area contributed by atoms with Crippen molar-refractivity contribution in [3.05, 3.63) is 12.2 Å². The number of carbonyl (C=O) groups is 1.